The molecule has 6 heteroatoms. The van der Waals surface area contributed by atoms with Crippen LogP contribution in [0.3, 0.4) is 0 Å². The Morgan fingerprint density at radius 2 is 2.29 bits per heavy atom. The van der Waals surface area contributed by atoms with Crippen LogP contribution in [0.1, 0.15) is 10.4 Å². The van der Waals surface area contributed by atoms with E-state index in [0.717, 1.165) is 0 Å². The summed E-state index contributed by atoms with van der Waals surface area (Å²) in [5.41, 5.74) is 0.602. The van der Waals surface area contributed by atoms with Gasteiger partial charge in [-0.2, -0.15) is 4.39 Å². The standard InChI is InChI=1S/C8H4BrFN2O2/c9-6-2-5-1-4(8(13)14)3-12(5)11-7(6)10/h1-3H,(H,13,14). The van der Waals surface area contributed by atoms with E-state index in [0.29, 0.717) is 5.52 Å². The molecule has 0 amide bonds. The van der Waals surface area contributed by atoms with Gasteiger partial charge in [-0.05, 0) is 28.1 Å². The minimum atomic E-state index is -1.06. The van der Waals surface area contributed by atoms with E-state index in [1.165, 1.54) is 22.8 Å². The molecule has 2 rings (SSSR count). The lowest BCUT2D eigenvalue weighted by atomic mass is 10.3. The van der Waals surface area contributed by atoms with Gasteiger partial charge < -0.3 is 5.11 Å². The first kappa shape index (κ1) is 9.14. The number of carboxylic acid groups (broad SMARTS) is 1. The van der Waals surface area contributed by atoms with Crippen molar-refractivity contribution in [2.24, 2.45) is 0 Å². The predicted octanol–water partition coefficient (Wildman–Crippen LogP) is 1.93. The lowest BCUT2D eigenvalue weighted by molar-refractivity contribution is 0.0697. The summed E-state index contributed by atoms with van der Waals surface area (Å²) in [6.45, 7) is 0. The van der Waals surface area contributed by atoms with E-state index in [9.17, 15) is 9.18 Å². The molecule has 0 spiro atoms. The summed E-state index contributed by atoms with van der Waals surface area (Å²) >= 11 is 2.96. The molecule has 0 aliphatic carbocycles. The Labute approximate surface area is 86.1 Å². The molecule has 0 bridgehead atoms. The van der Waals surface area contributed by atoms with Gasteiger partial charge >= 0.3 is 5.97 Å². The summed E-state index contributed by atoms with van der Waals surface area (Å²) in [5.74, 6) is -1.74. The molecule has 0 atom stereocenters. The number of carboxylic acids is 1. The van der Waals surface area contributed by atoms with E-state index in [2.05, 4.69) is 21.0 Å². The molecule has 0 aliphatic heterocycles. The second-order valence-corrected chi connectivity index (χ2v) is 3.54. The van der Waals surface area contributed by atoms with Crippen molar-refractivity contribution < 1.29 is 14.3 Å². The van der Waals surface area contributed by atoms with Gasteiger partial charge in [0.1, 0.15) is 0 Å². The highest BCUT2D eigenvalue weighted by Crippen LogP contribution is 2.17. The maximum Gasteiger partial charge on any atom is 0.337 e. The summed E-state index contributed by atoms with van der Waals surface area (Å²) in [5, 5.41) is 12.2. The number of hydrogen-bond donors (Lipinski definition) is 1. The molecule has 0 fully saturated rings. The molecular weight excluding hydrogens is 255 g/mol. The molecule has 0 aromatic carbocycles. The zero-order valence-electron chi connectivity index (χ0n) is 6.74. The zero-order valence-corrected chi connectivity index (χ0v) is 8.32. The number of nitrogens with zero attached hydrogens (tertiary/aromatic N) is 2. The average molecular weight is 259 g/mol. The largest absolute Gasteiger partial charge is 0.478 e. The van der Waals surface area contributed by atoms with Crippen LogP contribution in [-0.2, 0) is 0 Å². The zero-order chi connectivity index (χ0) is 10.3. The van der Waals surface area contributed by atoms with Crippen molar-refractivity contribution in [1.82, 2.24) is 9.61 Å². The Kier molecular flexibility index (Phi) is 1.99. The summed E-state index contributed by atoms with van der Waals surface area (Å²) in [4.78, 5) is 10.6. The van der Waals surface area contributed by atoms with Gasteiger partial charge in [-0.3, -0.25) is 0 Å². The lowest BCUT2D eigenvalue weighted by Gasteiger charge is -1.94. The van der Waals surface area contributed by atoms with Gasteiger partial charge in [0.05, 0.1) is 15.6 Å². The van der Waals surface area contributed by atoms with Crippen LogP contribution in [0.15, 0.2) is 22.8 Å². The summed E-state index contributed by atoms with van der Waals surface area (Å²) in [6.07, 6.45) is 1.26. The van der Waals surface area contributed by atoms with Crippen LogP contribution in [0.5, 0.6) is 0 Å². The van der Waals surface area contributed by atoms with Gasteiger partial charge in [-0.15, -0.1) is 5.10 Å². The average Bonchev–Trinajstić information content (AvgIpc) is 2.48. The minimum Gasteiger partial charge on any atom is -0.478 e. The van der Waals surface area contributed by atoms with E-state index < -0.39 is 11.9 Å². The lowest BCUT2D eigenvalue weighted by Crippen LogP contribution is -1.95. The third kappa shape index (κ3) is 1.37. The second-order valence-electron chi connectivity index (χ2n) is 2.69. The van der Waals surface area contributed by atoms with E-state index in [1.807, 2.05) is 0 Å². The highest BCUT2D eigenvalue weighted by Gasteiger charge is 2.09. The van der Waals surface area contributed by atoms with E-state index in [4.69, 9.17) is 5.11 Å². The van der Waals surface area contributed by atoms with Crippen molar-refractivity contribution >= 4 is 27.4 Å². The molecule has 72 valence electrons. The van der Waals surface area contributed by atoms with Crippen LogP contribution in [0, 0.1) is 5.95 Å². The Morgan fingerprint density at radius 3 is 2.93 bits per heavy atom. The highest BCUT2D eigenvalue weighted by atomic mass is 79.9. The van der Waals surface area contributed by atoms with Crippen molar-refractivity contribution in [2.75, 3.05) is 0 Å². The maximum atomic E-state index is 12.9. The number of fused-ring (bicyclic) bond motifs is 1. The third-order valence-electron chi connectivity index (χ3n) is 1.74. The third-order valence-corrected chi connectivity index (χ3v) is 2.30. The fraction of sp³-hybridized carbons (Fsp3) is 0. The fourth-order valence-corrected chi connectivity index (χ4v) is 1.43. The molecule has 14 heavy (non-hydrogen) atoms. The van der Waals surface area contributed by atoms with Crippen molar-refractivity contribution in [2.45, 2.75) is 0 Å². The Morgan fingerprint density at radius 1 is 1.57 bits per heavy atom. The Hall–Kier alpha value is -1.43. The van der Waals surface area contributed by atoms with Crippen molar-refractivity contribution in [1.29, 1.82) is 0 Å². The SMILES string of the molecule is O=C(O)c1cc2cc(Br)c(F)nn2c1. The van der Waals surface area contributed by atoms with Crippen LogP contribution in [0.2, 0.25) is 0 Å². The van der Waals surface area contributed by atoms with Gasteiger partial charge in [0, 0.05) is 6.20 Å². The summed E-state index contributed by atoms with van der Waals surface area (Å²) in [7, 11) is 0. The first-order chi connectivity index (χ1) is 6.58. The van der Waals surface area contributed by atoms with Crippen LogP contribution in [0.4, 0.5) is 4.39 Å². The Bertz CT molecular complexity index is 484. The number of carbonyl (C=O) groups is 1. The molecule has 0 saturated heterocycles. The molecule has 0 radical (unpaired) electrons. The van der Waals surface area contributed by atoms with Gasteiger partial charge in [-0.1, -0.05) is 0 Å². The van der Waals surface area contributed by atoms with Crippen molar-refractivity contribution in [3.8, 4) is 0 Å². The normalized spacial score (nSPS) is 10.7. The first-order valence-corrected chi connectivity index (χ1v) is 4.45. The number of hydrogen-bond acceptors (Lipinski definition) is 2. The number of halogens is 2. The predicted molar refractivity (Wildman–Crippen MR) is 49.8 cm³/mol. The number of aromatic carboxylic acids is 1. The molecular formula is C8H4BrFN2O2. The van der Waals surface area contributed by atoms with Crippen LogP contribution in [0.25, 0.3) is 5.52 Å². The van der Waals surface area contributed by atoms with E-state index >= 15 is 0 Å². The smallest absolute Gasteiger partial charge is 0.337 e. The first-order valence-electron chi connectivity index (χ1n) is 3.65. The van der Waals surface area contributed by atoms with Crippen molar-refractivity contribution in [3.05, 3.63) is 34.3 Å². The molecule has 0 aliphatic rings. The molecule has 2 aromatic rings. The molecule has 2 aromatic heterocycles. The van der Waals surface area contributed by atoms with Gasteiger partial charge in [-0.25, -0.2) is 9.31 Å². The molecule has 4 nitrogen and oxygen atoms in total. The van der Waals surface area contributed by atoms with E-state index in [1.54, 1.807) is 0 Å². The minimum absolute atomic E-state index is 0.0787. The quantitative estimate of drug-likeness (QED) is 0.851. The fourth-order valence-electron chi connectivity index (χ4n) is 1.11. The number of aromatic nitrogens is 2. The molecule has 1 N–H and O–H groups in total. The van der Waals surface area contributed by atoms with Gasteiger partial charge in [0.25, 0.3) is 0 Å². The van der Waals surface area contributed by atoms with Crippen molar-refractivity contribution in [3.63, 3.8) is 0 Å². The molecule has 0 saturated carbocycles. The molecule has 0 unspecified atom stereocenters. The molecule has 2 heterocycles. The number of rotatable bonds is 1. The topological polar surface area (TPSA) is 54.6 Å². The Balaban J connectivity index is 2.72. The second kappa shape index (κ2) is 3.06. The highest BCUT2D eigenvalue weighted by molar-refractivity contribution is 9.10. The van der Waals surface area contributed by atoms with Crippen LogP contribution in [-0.4, -0.2) is 20.7 Å². The summed E-state index contributed by atoms with van der Waals surface area (Å²) < 4.78 is 14.3. The maximum absolute atomic E-state index is 12.9. The summed E-state index contributed by atoms with van der Waals surface area (Å²) in [6, 6.07) is 2.88. The van der Waals surface area contributed by atoms with Crippen LogP contribution < -0.4 is 0 Å². The van der Waals surface area contributed by atoms with Gasteiger partial charge in [0.2, 0.25) is 5.95 Å². The van der Waals surface area contributed by atoms with E-state index in [-0.39, 0.29) is 10.0 Å². The van der Waals surface area contributed by atoms with Crippen LogP contribution >= 0.6 is 15.9 Å². The monoisotopic (exact) mass is 258 g/mol. The van der Waals surface area contributed by atoms with Gasteiger partial charge in [0.15, 0.2) is 0 Å².